The Labute approximate surface area is 173 Å². The predicted octanol–water partition coefficient (Wildman–Crippen LogP) is 3.36. The first-order valence-electron chi connectivity index (χ1n) is 10.0. The summed E-state index contributed by atoms with van der Waals surface area (Å²) < 4.78 is 0. The maximum absolute atomic E-state index is 13.1. The van der Waals surface area contributed by atoms with E-state index in [0.29, 0.717) is 31.1 Å². The molecular weight excluding hydrogens is 384 g/mol. The van der Waals surface area contributed by atoms with Crippen molar-refractivity contribution in [1.82, 2.24) is 19.8 Å². The van der Waals surface area contributed by atoms with Crippen molar-refractivity contribution in [3.05, 3.63) is 47.1 Å². The number of nitrogens with zero attached hydrogens (tertiary/aromatic N) is 4. The molecule has 0 radical (unpaired) electrons. The fourth-order valence-corrected chi connectivity index (χ4v) is 4.78. The number of hydrogen-bond donors (Lipinski definition) is 0. The molecule has 0 N–H and O–H groups in total. The van der Waals surface area contributed by atoms with Crippen molar-refractivity contribution in [2.24, 2.45) is 5.92 Å². The molecule has 0 atom stereocenters. The average Bonchev–Trinajstić information content (AvgIpc) is 3.54. The quantitative estimate of drug-likeness (QED) is 0.669. The van der Waals surface area contributed by atoms with Crippen LogP contribution in [0.2, 0.25) is 0 Å². The number of amides is 2. The van der Waals surface area contributed by atoms with Crippen molar-refractivity contribution in [1.29, 1.82) is 0 Å². The first-order chi connectivity index (χ1) is 14.1. The Kier molecular flexibility index (Phi) is 4.54. The summed E-state index contributed by atoms with van der Waals surface area (Å²) in [5.41, 5.74) is 2.62. The summed E-state index contributed by atoms with van der Waals surface area (Å²) in [6, 6.07) is 10.0. The van der Waals surface area contributed by atoms with Crippen LogP contribution in [-0.2, 0) is 4.79 Å². The van der Waals surface area contributed by atoms with E-state index in [0.717, 1.165) is 40.0 Å². The Morgan fingerprint density at radius 3 is 2.55 bits per heavy atom. The molecule has 1 saturated heterocycles. The molecule has 2 amide bonds. The third-order valence-corrected chi connectivity index (χ3v) is 6.83. The van der Waals surface area contributed by atoms with Gasteiger partial charge < -0.3 is 9.80 Å². The Bertz CT molecular complexity index is 1100. The molecule has 2 aromatic heterocycles. The summed E-state index contributed by atoms with van der Waals surface area (Å²) in [6.45, 7) is 4.30. The molecule has 3 aromatic rings. The Hall–Kier alpha value is -2.80. The van der Waals surface area contributed by atoms with Gasteiger partial charge in [-0.25, -0.2) is 4.98 Å². The van der Waals surface area contributed by atoms with E-state index in [1.807, 2.05) is 47.2 Å². The van der Waals surface area contributed by atoms with E-state index in [1.165, 1.54) is 11.3 Å². The summed E-state index contributed by atoms with van der Waals surface area (Å²) in [7, 11) is 0. The number of aryl methyl sites for hydroxylation is 1. The van der Waals surface area contributed by atoms with E-state index >= 15 is 0 Å². The zero-order chi connectivity index (χ0) is 20.0. The van der Waals surface area contributed by atoms with Crippen molar-refractivity contribution in [3.8, 4) is 10.6 Å². The van der Waals surface area contributed by atoms with Gasteiger partial charge in [0.2, 0.25) is 5.91 Å². The Balaban J connectivity index is 1.33. The molecule has 148 valence electrons. The van der Waals surface area contributed by atoms with Crippen LogP contribution < -0.4 is 0 Å². The lowest BCUT2D eigenvalue weighted by Crippen LogP contribution is -2.51. The molecule has 0 unspecified atom stereocenters. The van der Waals surface area contributed by atoms with Crippen LogP contribution in [0.1, 0.15) is 28.2 Å². The highest BCUT2D eigenvalue weighted by Crippen LogP contribution is 2.32. The molecule has 2 fully saturated rings. The van der Waals surface area contributed by atoms with E-state index in [-0.39, 0.29) is 17.7 Å². The van der Waals surface area contributed by atoms with Crippen molar-refractivity contribution < 1.29 is 9.59 Å². The summed E-state index contributed by atoms with van der Waals surface area (Å²) in [5, 5.41) is 1.87. The number of carbonyl (C=O) groups excluding carboxylic acids is 2. The van der Waals surface area contributed by atoms with E-state index in [1.54, 1.807) is 0 Å². The molecule has 3 heterocycles. The monoisotopic (exact) mass is 406 g/mol. The van der Waals surface area contributed by atoms with Gasteiger partial charge in [0.05, 0.1) is 11.2 Å². The minimum absolute atomic E-state index is 0.0125. The SMILES string of the molecule is Cc1nc(-c2cnc3ccccc3c2)sc1C(=O)N1CCN(C(=O)C2CC2)CC1. The molecule has 0 spiro atoms. The van der Waals surface area contributed by atoms with Crippen LogP contribution in [-0.4, -0.2) is 57.8 Å². The summed E-state index contributed by atoms with van der Waals surface area (Å²) >= 11 is 1.42. The van der Waals surface area contributed by atoms with Crippen molar-refractivity contribution >= 4 is 34.1 Å². The standard InChI is InChI=1S/C22H22N4O2S/c1-14-19(22(28)26-10-8-25(9-11-26)21(27)15-6-7-15)29-20(24-14)17-12-16-4-2-3-5-18(16)23-13-17/h2-5,12-13,15H,6-11H2,1H3. The smallest absolute Gasteiger partial charge is 0.265 e. The minimum atomic E-state index is 0.0125. The number of aromatic nitrogens is 2. The van der Waals surface area contributed by atoms with E-state index in [4.69, 9.17) is 0 Å². The lowest BCUT2D eigenvalue weighted by Gasteiger charge is -2.34. The van der Waals surface area contributed by atoms with Gasteiger partial charge >= 0.3 is 0 Å². The minimum Gasteiger partial charge on any atom is -0.339 e. The second kappa shape index (κ2) is 7.22. The van der Waals surface area contributed by atoms with E-state index in [9.17, 15) is 9.59 Å². The second-order valence-corrected chi connectivity index (χ2v) is 8.74. The predicted molar refractivity (Wildman–Crippen MR) is 113 cm³/mol. The molecule has 2 aliphatic rings. The fourth-order valence-electron chi connectivity index (χ4n) is 3.77. The summed E-state index contributed by atoms with van der Waals surface area (Å²) in [6.07, 6.45) is 3.85. The van der Waals surface area contributed by atoms with Crippen molar-refractivity contribution in [3.63, 3.8) is 0 Å². The van der Waals surface area contributed by atoms with Crippen LogP contribution in [0.5, 0.6) is 0 Å². The van der Waals surface area contributed by atoms with Crippen molar-refractivity contribution in [2.75, 3.05) is 26.2 Å². The van der Waals surface area contributed by atoms with Crippen LogP contribution in [0.4, 0.5) is 0 Å². The lowest BCUT2D eigenvalue weighted by molar-refractivity contribution is -0.134. The third-order valence-electron chi connectivity index (χ3n) is 5.63. The fraction of sp³-hybridized carbons (Fsp3) is 0.364. The number of piperazine rings is 1. The van der Waals surface area contributed by atoms with E-state index in [2.05, 4.69) is 16.0 Å². The summed E-state index contributed by atoms with van der Waals surface area (Å²) in [4.78, 5) is 38.9. The lowest BCUT2D eigenvalue weighted by atomic mass is 10.2. The third kappa shape index (κ3) is 3.51. The van der Waals surface area contributed by atoms with Crippen LogP contribution in [0, 0.1) is 12.8 Å². The van der Waals surface area contributed by atoms with Gasteiger partial charge in [0.1, 0.15) is 9.88 Å². The van der Waals surface area contributed by atoms with Crippen LogP contribution in [0.3, 0.4) is 0 Å². The first kappa shape index (κ1) is 18.2. The van der Waals surface area contributed by atoms with Crippen LogP contribution in [0.25, 0.3) is 21.5 Å². The van der Waals surface area contributed by atoms with Gasteiger partial charge in [0, 0.05) is 49.2 Å². The zero-order valence-electron chi connectivity index (χ0n) is 16.3. The maximum atomic E-state index is 13.1. The number of fused-ring (bicyclic) bond motifs is 1. The number of thiazole rings is 1. The zero-order valence-corrected chi connectivity index (χ0v) is 17.1. The number of pyridine rings is 1. The number of rotatable bonds is 3. The molecule has 29 heavy (non-hydrogen) atoms. The molecule has 0 bridgehead atoms. The van der Waals surface area contributed by atoms with Gasteiger partial charge in [-0.1, -0.05) is 18.2 Å². The highest BCUT2D eigenvalue weighted by molar-refractivity contribution is 7.17. The van der Waals surface area contributed by atoms with Crippen LogP contribution in [0.15, 0.2) is 36.5 Å². The molecule has 6 nitrogen and oxygen atoms in total. The molecule has 1 saturated carbocycles. The number of hydrogen-bond acceptors (Lipinski definition) is 5. The van der Waals surface area contributed by atoms with Gasteiger partial charge in [-0.2, -0.15) is 0 Å². The molecule has 5 rings (SSSR count). The summed E-state index contributed by atoms with van der Waals surface area (Å²) in [5.74, 6) is 0.509. The maximum Gasteiger partial charge on any atom is 0.265 e. The molecular formula is C22H22N4O2S. The van der Waals surface area contributed by atoms with Gasteiger partial charge in [-0.3, -0.25) is 14.6 Å². The number of para-hydroxylation sites is 1. The van der Waals surface area contributed by atoms with Gasteiger partial charge in [0.15, 0.2) is 0 Å². The van der Waals surface area contributed by atoms with Crippen molar-refractivity contribution in [2.45, 2.75) is 19.8 Å². The molecule has 7 heteroatoms. The first-order valence-corrected chi connectivity index (χ1v) is 10.8. The average molecular weight is 407 g/mol. The normalized spacial score (nSPS) is 17.0. The van der Waals surface area contributed by atoms with Gasteiger partial charge in [-0.15, -0.1) is 11.3 Å². The van der Waals surface area contributed by atoms with E-state index < -0.39 is 0 Å². The Morgan fingerprint density at radius 1 is 1.07 bits per heavy atom. The van der Waals surface area contributed by atoms with Crippen LogP contribution >= 0.6 is 11.3 Å². The number of benzene rings is 1. The number of carbonyl (C=O) groups is 2. The van der Waals surface area contributed by atoms with Gasteiger partial charge in [-0.05, 0) is 31.9 Å². The Morgan fingerprint density at radius 2 is 1.79 bits per heavy atom. The van der Waals surface area contributed by atoms with Gasteiger partial charge in [0.25, 0.3) is 5.91 Å². The second-order valence-electron chi connectivity index (χ2n) is 7.74. The highest BCUT2D eigenvalue weighted by Gasteiger charge is 2.35. The molecule has 1 aliphatic heterocycles. The largest absolute Gasteiger partial charge is 0.339 e. The molecule has 1 aromatic carbocycles. The topological polar surface area (TPSA) is 66.4 Å². The molecule has 1 aliphatic carbocycles. The highest BCUT2D eigenvalue weighted by atomic mass is 32.1.